The second kappa shape index (κ2) is 5.77. The molecule has 0 aliphatic carbocycles. The smallest absolute Gasteiger partial charge is 0.253 e. The summed E-state index contributed by atoms with van der Waals surface area (Å²) in [6.45, 7) is 9.39. The van der Waals surface area contributed by atoms with Crippen molar-refractivity contribution < 1.29 is 9.53 Å². The number of anilines is 1. The minimum atomic E-state index is -0.486. The minimum Gasteiger partial charge on any atom is -0.365 e. The standard InChI is InChI=1S/C11H16N2O2S/c1-5-6-15-8(3)10(14)13-11-7(2)12-9(4)16-11/h5,8H,1,6H2,2-4H3,(H,13,14)/t8-/m1/s1. The highest BCUT2D eigenvalue weighted by atomic mass is 32.1. The molecule has 1 aromatic rings. The Bertz CT molecular complexity index is 387. The highest BCUT2D eigenvalue weighted by Gasteiger charge is 2.15. The molecule has 4 nitrogen and oxygen atoms in total. The third kappa shape index (κ3) is 3.43. The molecule has 0 aromatic carbocycles. The summed E-state index contributed by atoms with van der Waals surface area (Å²) in [5, 5.41) is 4.52. The van der Waals surface area contributed by atoms with Crippen molar-refractivity contribution >= 4 is 22.2 Å². The normalized spacial score (nSPS) is 12.2. The molecule has 0 aliphatic heterocycles. The molecule has 5 heteroatoms. The summed E-state index contributed by atoms with van der Waals surface area (Å²) < 4.78 is 5.23. The van der Waals surface area contributed by atoms with Crippen LogP contribution in [-0.4, -0.2) is 23.6 Å². The van der Waals surface area contributed by atoms with Gasteiger partial charge in [0.15, 0.2) is 0 Å². The molecule has 16 heavy (non-hydrogen) atoms. The number of ether oxygens (including phenoxy) is 1. The average Bonchev–Trinajstić information content (AvgIpc) is 2.53. The summed E-state index contributed by atoms with van der Waals surface area (Å²) >= 11 is 1.47. The molecule has 1 aromatic heterocycles. The summed E-state index contributed by atoms with van der Waals surface area (Å²) in [7, 11) is 0. The first kappa shape index (κ1) is 12.9. The molecule has 0 saturated heterocycles. The van der Waals surface area contributed by atoms with Crippen molar-refractivity contribution in [2.24, 2.45) is 0 Å². The Balaban J connectivity index is 2.57. The maximum absolute atomic E-state index is 11.7. The van der Waals surface area contributed by atoms with E-state index in [1.807, 2.05) is 13.8 Å². The zero-order valence-corrected chi connectivity index (χ0v) is 10.6. The topological polar surface area (TPSA) is 51.2 Å². The summed E-state index contributed by atoms with van der Waals surface area (Å²) in [4.78, 5) is 15.9. The van der Waals surface area contributed by atoms with E-state index < -0.39 is 6.10 Å². The molecule has 0 aliphatic rings. The van der Waals surface area contributed by atoms with Gasteiger partial charge in [0.05, 0.1) is 17.3 Å². The van der Waals surface area contributed by atoms with Gasteiger partial charge in [0.2, 0.25) is 0 Å². The number of aryl methyl sites for hydroxylation is 2. The Labute approximate surface area is 99.3 Å². The number of rotatable bonds is 5. The maximum Gasteiger partial charge on any atom is 0.253 e. The highest BCUT2D eigenvalue weighted by Crippen LogP contribution is 2.23. The van der Waals surface area contributed by atoms with Crippen LogP contribution in [0.2, 0.25) is 0 Å². The zero-order valence-electron chi connectivity index (χ0n) is 9.74. The summed E-state index contributed by atoms with van der Waals surface area (Å²) in [5.41, 5.74) is 0.840. The fraction of sp³-hybridized carbons (Fsp3) is 0.455. The number of nitrogens with one attached hydrogen (secondary N) is 1. The van der Waals surface area contributed by atoms with Crippen molar-refractivity contribution in [3.05, 3.63) is 23.4 Å². The lowest BCUT2D eigenvalue weighted by Crippen LogP contribution is -2.27. The van der Waals surface area contributed by atoms with Crippen molar-refractivity contribution in [1.29, 1.82) is 0 Å². The van der Waals surface area contributed by atoms with Crippen LogP contribution in [0.4, 0.5) is 5.00 Å². The molecule has 0 fully saturated rings. The highest BCUT2D eigenvalue weighted by molar-refractivity contribution is 7.16. The van der Waals surface area contributed by atoms with E-state index in [1.165, 1.54) is 11.3 Å². The first-order valence-corrected chi connectivity index (χ1v) is 5.83. The Hall–Kier alpha value is -1.20. The van der Waals surface area contributed by atoms with Gasteiger partial charge < -0.3 is 10.1 Å². The third-order valence-corrected chi connectivity index (χ3v) is 2.96. The Morgan fingerprint density at radius 3 is 2.88 bits per heavy atom. The largest absolute Gasteiger partial charge is 0.365 e. The predicted octanol–water partition coefficient (Wildman–Crippen LogP) is 2.29. The van der Waals surface area contributed by atoms with Gasteiger partial charge in [-0.2, -0.15) is 0 Å². The van der Waals surface area contributed by atoms with E-state index in [1.54, 1.807) is 13.0 Å². The number of hydrogen-bond acceptors (Lipinski definition) is 4. The number of carbonyl (C=O) groups excluding carboxylic acids is 1. The molecule has 1 N–H and O–H groups in total. The van der Waals surface area contributed by atoms with Crippen LogP contribution in [0.1, 0.15) is 17.6 Å². The van der Waals surface area contributed by atoms with Gasteiger partial charge in [0.25, 0.3) is 5.91 Å². The van der Waals surface area contributed by atoms with Crippen molar-refractivity contribution in [3.8, 4) is 0 Å². The monoisotopic (exact) mass is 240 g/mol. The second-order valence-electron chi connectivity index (χ2n) is 3.40. The van der Waals surface area contributed by atoms with Crippen LogP contribution >= 0.6 is 11.3 Å². The SMILES string of the molecule is C=CCO[C@H](C)C(=O)Nc1sc(C)nc1C. The molecule has 0 bridgehead atoms. The van der Waals surface area contributed by atoms with Crippen LogP contribution in [-0.2, 0) is 9.53 Å². The lowest BCUT2D eigenvalue weighted by Gasteiger charge is -2.11. The summed E-state index contributed by atoms with van der Waals surface area (Å²) in [6, 6.07) is 0. The molecule has 1 heterocycles. The number of hydrogen-bond donors (Lipinski definition) is 1. The van der Waals surface area contributed by atoms with Gasteiger partial charge in [-0.15, -0.1) is 17.9 Å². The average molecular weight is 240 g/mol. The molecular formula is C11H16N2O2S. The van der Waals surface area contributed by atoms with E-state index in [4.69, 9.17) is 4.74 Å². The third-order valence-electron chi connectivity index (χ3n) is 1.97. The molecule has 0 unspecified atom stereocenters. The van der Waals surface area contributed by atoms with Crippen LogP contribution < -0.4 is 5.32 Å². The van der Waals surface area contributed by atoms with Crippen LogP contribution in [0.25, 0.3) is 0 Å². The number of nitrogens with zero attached hydrogens (tertiary/aromatic N) is 1. The molecule has 88 valence electrons. The van der Waals surface area contributed by atoms with E-state index in [0.717, 1.165) is 15.7 Å². The van der Waals surface area contributed by atoms with Gasteiger partial charge in [-0.05, 0) is 20.8 Å². The quantitative estimate of drug-likeness (QED) is 0.803. The van der Waals surface area contributed by atoms with Crippen LogP contribution in [0.5, 0.6) is 0 Å². The van der Waals surface area contributed by atoms with Crippen LogP contribution in [0.3, 0.4) is 0 Å². The van der Waals surface area contributed by atoms with Crippen molar-refractivity contribution in [1.82, 2.24) is 4.98 Å². The lowest BCUT2D eigenvalue weighted by atomic mass is 10.3. The van der Waals surface area contributed by atoms with E-state index in [-0.39, 0.29) is 5.91 Å². The molecule has 1 rings (SSSR count). The Morgan fingerprint density at radius 2 is 2.38 bits per heavy atom. The second-order valence-corrected chi connectivity index (χ2v) is 4.60. The Kier molecular flexibility index (Phi) is 4.64. The molecular weight excluding hydrogens is 224 g/mol. The first-order chi connectivity index (χ1) is 7.54. The molecule has 1 atom stereocenters. The number of thiazole rings is 1. The fourth-order valence-corrected chi connectivity index (χ4v) is 1.97. The van der Waals surface area contributed by atoms with E-state index >= 15 is 0 Å². The fourth-order valence-electron chi connectivity index (χ4n) is 1.15. The lowest BCUT2D eigenvalue weighted by molar-refractivity contribution is -0.125. The van der Waals surface area contributed by atoms with E-state index in [0.29, 0.717) is 6.61 Å². The van der Waals surface area contributed by atoms with Gasteiger partial charge in [-0.3, -0.25) is 4.79 Å². The van der Waals surface area contributed by atoms with Crippen molar-refractivity contribution in [3.63, 3.8) is 0 Å². The van der Waals surface area contributed by atoms with Gasteiger partial charge in [0, 0.05) is 0 Å². The van der Waals surface area contributed by atoms with Gasteiger partial charge >= 0.3 is 0 Å². The van der Waals surface area contributed by atoms with Crippen molar-refractivity contribution in [2.45, 2.75) is 26.9 Å². The van der Waals surface area contributed by atoms with Gasteiger partial charge in [-0.25, -0.2) is 4.98 Å². The van der Waals surface area contributed by atoms with E-state index in [2.05, 4.69) is 16.9 Å². The van der Waals surface area contributed by atoms with Gasteiger partial charge in [-0.1, -0.05) is 6.08 Å². The molecule has 0 spiro atoms. The first-order valence-electron chi connectivity index (χ1n) is 5.02. The van der Waals surface area contributed by atoms with Crippen molar-refractivity contribution in [2.75, 3.05) is 11.9 Å². The Morgan fingerprint density at radius 1 is 1.69 bits per heavy atom. The molecule has 0 saturated carbocycles. The minimum absolute atomic E-state index is 0.159. The number of amides is 1. The predicted molar refractivity (Wildman–Crippen MR) is 65.8 cm³/mol. The van der Waals surface area contributed by atoms with Gasteiger partial charge in [0.1, 0.15) is 11.1 Å². The maximum atomic E-state index is 11.7. The zero-order chi connectivity index (χ0) is 12.1. The van der Waals surface area contributed by atoms with Crippen LogP contribution in [0, 0.1) is 13.8 Å². The van der Waals surface area contributed by atoms with Crippen LogP contribution in [0.15, 0.2) is 12.7 Å². The molecule has 1 amide bonds. The number of carbonyl (C=O) groups is 1. The molecule has 0 radical (unpaired) electrons. The number of aromatic nitrogens is 1. The summed E-state index contributed by atoms with van der Waals surface area (Å²) in [6.07, 6.45) is 1.13. The van der Waals surface area contributed by atoms with E-state index in [9.17, 15) is 4.79 Å². The summed E-state index contributed by atoms with van der Waals surface area (Å²) in [5.74, 6) is -0.159.